The predicted octanol–water partition coefficient (Wildman–Crippen LogP) is 3.12. The van der Waals surface area contributed by atoms with E-state index in [9.17, 15) is 25.0 Å². The molecule has 9 nitrogen and oxygen atoms in total. The Bertz CT molecular complexity index is 912. The highest BCUT2D eigenvalue weighted by Gasteiger charge is 2.27. The van der Waals surface area contributed by atoms with E-state index in [0.717, 1.165) is 0 Å². The van der Waals surface area contributed by atoms with Crippen LogP contribution in [0.3, 0.4) is 0 Å². The zero-order valence-electron chi connectivity index (χ0n) is 14.1. The number of carbonyl (C=O) groups excluding carboxylic acids is 1. The molecule has 1 fully saturated rings. The van der Waals surface area contributed by atoms with E-state index in [1.54, 1.807) is 18.2 Å². The highest BCUT2D eigenvalue weighted by molar-refractivity contribution is 6.33. The van der Waals surface area contributed by atoms with Gasteiger partial charge in [0.1, 0.15) is 5.69 Å². The molecule has 2 aromatic carbocycles. The van der Waals surface area contributed by atoms with Crippen molar-refractivity contribution in [1.29, 1.82) is 0 Å². The molecule has 1 aliphatic rings. The largest absolute Gasteiger partial charge is 0.362 e. The summed E-state index contributed by atoms with van der Waals surface area (Å²) in [5, 5.41) is 22.3. The topological polar surface area (TPSA) is 110 Å². The highest BCUT2D eigenvalue weighted by Crippen LogP contribution is 2.29. The molecule has 1 amide bonds. The van der Waals surface area contributed by atoms with Crippen LogP contribution in [0.15, 0.2) is 42.5 Å². The Hall–Kier alpha value is -3.20. The lowest BCUT2D eigenvalue weighted by Gasteiger charge is -2.35. The molecule has 0 radical (unpaired) electrons. The number of nitro groups is 2. The summed E-state index contributed by atoms with van der Waals surface area (Å²) in [5.74, 6) is -0.397. The Balaban J connectivity index is 1.75. The summed E-state index contributed by atoms with van der Waals surface area (Å²) in [5.41, 5.74) is 0.383. The number of hydrogen-bond acceptors (Lipinski definition) is 6. The predicted molar refractivity (Wildman–Crippen MR) is 99.3 cm³/mol. The highest BCUT2D eigenvalue weighted by atomic mass is 35.5. The van der Waals surface area contributed by atoms with Crippen LogP contribution in [0.2, 0.25) is 5.02 Å². The molecule has 2 aromatic rings. The molecule has 0 unspecified atom stereocenters. The van der Waals surface area contributed by atoms with Gasteiger partial charge in [-0.15, -0.1) is 0 Å². The van der Waals surface area contributed by atoms with Crippen LogP contribution < -0.4 is 4.90 Å². The zero-order valence-corrected chi connectivity index (χ0v) is 14.8. The van der Waals surface area contributed by atoms with Gasteiger partial charge in [-0.3, -0.25) is 25.0 Å². The summed E-state index contributed by atoms with van der Waals surface area (Å²) in [6, 6.07) is 10.2. The van der Waals surface area contributed by atoms with Crippen molar-refractivity contribution in [3.63, 3.8) is 0 Å². The van der Waals surface area contributed by atoms with Crippen LogP contribution in [-0.4, -0.2) is 46.8 Å². The molecule has 1 saturated heterocycles. The molecular formula is C17H15ClN4O5. The third-order valence-electron chi connectivity index (χ3n) is 4.38. The average Bonchev–Trinajstić information content (AvgIpc) is 2.67. The van der Waals surface area contributed by atoms with Crippen LogP contribution in [-0.2, 0) is 0 Å². The van der Waals surface area contributed by atoms with Gasteiger partial charge in [0.15, 0.2) is 0 Å². The summed E-state index contributed by atoms with van der Waals surface area (Å²) >= 11 is 6.04. The Morgan fingerprint density at radius 3 is 2.26 bits per heavy atom. The standard InChI is InChI=1S/C17H15ClN4O5/c18-14-6-5-12(21(24)25)11-13(14)17(23)20-9-7-19(8-10-20)15-3-1-2-4-16(15)22(26)27/h1-6,11H,7-10H2. The third-order valence-corrected chi connectivity index (χ3v) is 4.71. The number of nitrogens with zero attached hydrogens (tertiary/aromatic N) is 4. The lowest BCUT2D eigenvalue weighted by Crippen LogP contribution is -2.49. The molecule has 0 aliphatic carbocycles. The van der Waals surface area contributed by atoms with E-state index >= 15 is 0 Å². The van der Waals surface area contributed by atoms with Crippen LogP contribution in [0.1, 0.15) is 10.4 Å². The Labute approximate surface area is 159 Å². The van der Waals surface area contributed by atoms with Crippen molar-refractivity contribution < 1.29 is 14.6 Å². The van der Waals surface area contributed by atoms with Gasteiger partial charge in [0, 0.05) is 44.4 Å². The number of nitro benzene ring substituents is 2. The number of piperazine rings is 1. The van der Waals surface area contributed by atoms with E-state index in [1.165, 1.54) is 29.2 Å². The number of benzene rings is 2. The van der Waals surface area contributed by atoms with E-state index in [1.807, 2.05) is 4.90 Å². The third kappa shape index (κ3) is 3.82. The maximum atomic E-state index is 12.7. The van der Waals surface area contributed by atoms with E-state index in [4.69, 9.17) is 11.6 Å². The van der Waals surface area contributed by atoms with Gasteiger partial charge >= 0.3 is 0 Å². The van der Waals surface area contributed by atoms with Crippen molar-refractivity contribution in [1.82, 2.24) is 4.90 Å². The number of hydrogen-bond donors (Lipinski definition) is 0. The smallest absolute Gasteiger partial charge is 0.292 e. The molecular weight excluding hydrogens is 376 g/mol. The van der Waals surface area contributed by atoms with Crippen molar-refractivity contribution >= 4 is 34.6 Å². The SMILES string of the molecule is O=C(c1cc([N+](=O)[O-])ccc1Cl)N1CCN(c2ccccc2[N+](=O)[O-])CC1. The molecule has 1 aliphatic heterocycles. The molecule has 3 rings (SSSR count). The molecule has 0 aromatic heterocycles. The average molecular weight is 391 g/mol. The van der Waals surface area contributed by atoms with Crippen molar-refractivity contribution in [2.24, 2.45) is 0 Å². The lowest BCUT2D eigenvalue weighted by atomic mass is 10.1. The molecule has 0 saturated carbocycles. The Morgan fingerprint density at radius 1 is 0.963 bits per heavy atom. The monoisotopic (exact) mass is 390 g/mol. The van der Waals surface area contributed by atoms with Gasteiger partial charge in [-0.05, 0) is 12.1 Å². The van der Waals surface area contributed by atoms with E-state index in [2.05, 4.69) is 0 Å². The molecule has 0 N–H and O–H groups in total. The van der Waals surface area contributed by atoms with Gasteiger partial charge in [-0.1, -0.05) is 23.7 Å². The first-order chi connectivity index (χ1) is 12.9. The molecule has 27 heavy (non-hydrogen) atoms. The van der Waals surface area contributed by atoms with Crippen LogP contribution in [0.5, 0.6) is 0 Å². The zero-order chi connectivity index (χ0) is 19.6. The first-order valence-electron chi connectivity index (χ1n) is 8.10. The van der Waals surface area contributed by atoms with Gasteiger partial charge in [-0.25, -0.2) is 0 Å². The first kappa shape index (κ1) is 18.6. The van der Waals surface area contributed by atoms with Crippen molar-refractivity contribution in [3.8, 4) is 0 Å². The molecule has 0 bridgehead atoms. The Morgan fingerprint density at radius 2 is 1.63 bits per heavy atom. The van der Waals surface area contributed by atoms with E-state index in [-0.39, 0.29) is 22.0 Å². The van der Waals surface area contributed by atoms with Gasteiger partial charge in [0.2, 0.25) is 0 Å². The maximum Gasteiger partial charge on any atom is 0.292 e. The fourth-order valence-corrected chi connectivity index (χ4v) is 3.20. The second kappa shape index (κ2) is 7.58. The van der Waals surface area contributed by atoms with Crippen LogP contribution in [0.4, 0.5) is 17.1 Å². The minimum absolute atomic E-state index is 0.0130. The van der Waals surface area contributed by atoms with Gasteiger partial charge in [-0.2, -0.15) is 0 Å². The van der Waals surface area contributed by atoms with Crippen LogP contribution in [0.25, 0.3) is 0 Å². The second-order valence-corrected chi connectivity index (χ2v) is 6.35. The molecule has 140 valence electrons. The first-order valence-corrected chi connectivity index (χ1v) is 8.48. The normalized spacial score (nSPS) is 14.1. The summed E-state index contributed by atoms with van der Waals surface area (Å²) in [4.78, 5) is 37.2. The van der Waals surface area contributed by atoms with Crippen LogP contribution in [0, 0.1) is 20.2 Å². The van der Waals surface area contributed by atoms with Crippen molar-refractivity contribution in [3.05, 3.63) is 73.3 Å². The number of anilines is 1. The van der Waals surface area contributed by atoms with Gasteiger partial charge < -0.3 is 9.80 Å². The second-order valence-electron chi connectivity index (χ2n) is 5.95. The van der Waals surface area contributed by atoms with Crippen molar-refractivity contribution in [2.75, 3.05) is 31.1 Å². The minimum atomic E-state index is -0.584. The van der Waals surface area contributed by atoms with Gasteiger partial charge in [0.05, 0.1) is 20.4 Å². The molecule has 10 heteroatoms. The maximum absolute atomic E-state index is 12.7. The number of non-ortho nitro benzene ring substituents is 1. The summed E-state index contributed by atoms with van der Waals surface area (Å²) in [6.07, 6.45) is 0. The number of halogens is 1. The number of rotatable bonds is 4. The van der Waals surface area contributed by atoms with E-state index in [0.29, 0.717) is 31.9 Å². The van der Waals surface area contributed by atoms with Crippen molar-refractivity contribution in [2.45, 2.75) is 0 Å². The minimum Gasteiger partial charge on any atom is -0.362 e. The number of carbonyl (C=O) groups is 1. The molecule has 0 spiro atoms. The van der Waals surface area contributed by atoms with Gasteiger partial charge in [0.25, 0.3) is 17.3 Å². The fourth-order valence-electron chi connectivity index (χ4n) is 3.00. The quantitative estimate of drug-likeness (QED) is 0.586. The summed E-state index contributed by atoms with van der Waals surface area (Å²) in [6.45, 7) is 1.46. The summed E-state index contributed by atoms with van der Waals surface area (Å²) in [7, 11) is 0. The molecule has 0 atom stereocenters. The number of para-hydroxylation sites is 2. The Kier molecular flexibility index (Phi) is 5.22. The fraction of sp³-hybridized carbons (Fsp3) is 0.235. The number of amides is 1. The van der Waals surface area contributed by atoms with Crippen LogP contribution >= 0.6 is 11.6 Å². The summed E-state index contributed by atoms with van der Waals surface area (Å²) < 4.78 is 0. The lowest BCUT2D eigenvalue weighted by molar-refractivity contribution is -0.384. The van der Waals surface area contributed by atoms with E-state index < -0.39 is 15.8 Å². The molecule has 1 heterocycles.